The lowest BCUT2D eigenvalue weighted by atomic mass is 9.78. The van der Waals surface area contributed by atoms with Gasteiger partial charge in [0.1, 0.15) is 6.61 Å². The van der Waals surface area contributed by atoms with Gasteiger partial charge in [-0.2, -0.15) is 13.2 Å². The first kappa shape index (κ1) is 26.1. The van der Waals surface area contributed by atoms with Crippen LogP contribution in [0.1, 0.15) is 31.2 Å². The van der Waals surface area contributed by atoms with Gasteiger partial charge in [0.05, 0.1) is 18.1 Å². The Morgan fingerprint density at radius 3 is 2.50 bits per heavy atom. The Morgan fingerprint density at radius 2 is 1.97 bits per heavy atom. The molecule has 2 fully saturated rings. The smallest absolute Gasteiger partial charge is 0.475 e. The molecule has 0 radical (unpaired) electrons. The lowest BCUT2D eigenvalue weighted by Crippen LogP contribution is -2.47. The van der Waals surface area contributed by atoms with Gasteiger partial charge in [-0.25, -0.2) is 4.79 Å². The Bertz CT molecular complexity index is 716. The van der Waals surface area contributed by atoms with Gasteiger partial charge in [0.25, 0.3) is 0 Å². The molecule has 0 bridgehead atoms. The summed E-state index contributed by atoms with van der Waals surface area (Å²) in [5.41, 5.74) is 1.25. The van der Waals surface area contributed by atoms with E-state index in [1.165, 1.54) is 5.56 Å². The maximum atomic E-state index is 11.6. The molecule has 1 unspecified atom stereocenters. The van der Waals surface area contributed by atoms with Crippen molar-refractivity contribution in [2.24, 2.45) is 5.92 Å². The SMILES string of the molecule is CN(C)C(=O)COCCC1CCOC12CCN(Cc1ccoc1)CC2.O=C(O)C(F)(F)F. The van der Waals surface area contributed by atoms with Crippen molar-refractivity contribution >= 4 is 11.9 Å². The zero-order valence-corrected chi connectivity index (χ0v) is 18.4. The van der Waals surface area contributed by atoms with E-state index in [-0.39, 0.29) is 18.1 Å². The maximum Gasteiger partial charge on any atom is 0.490 e. The van der Waals surface area contributed by atoms with Crippen LogP contribution in [-0.2, 0) is 25.6 Å². The van der Waals surface area contributed by atoms with Crippen molar-refractivity contribution in [1.29, 1.82) is 0 Å². The lowest BCUT2D eigenvalue weighted by Gasteiger charge is -2.42. The molecular formula is C21H31F3N2O6. The van der Waals surface area contributed by atoms with Gasteiger partial charge in [-0.1, -0.05) is 0 Å². The molecule has 2 aliphatic heterocycles. The van der Waals surface area contributed by atoms with E-state index in [9.17, 15) is 18.0 Å². The summed E-state index contributed by atoms with van der Waals surface area (Å²) in [6.45, 7) is 4.72. The Morgan fingerprint density at radius 1 is 1.31 bits per heavy atom. The minimum atomic E-state index is -5.08. The molecule has 32 heavy (non-hydrogen) atoms. The van der Waals surface area contributed by atoms with Crippen LogP contribution in [0.4, 0.5) is 13.2 Å². The van der Waals surface area contributed by atoms with E-state index in [0.29, 0.717) is 12.5 Å². The molecule has 0 saturated carbocycles. The van der Waals surface area contributed by atoms with Crippen LogP contribution in [0.2, 0.25) is 0 Å². The summed E-state index contributed by atoms with van der Waals surface area (Å²) in [5, 5.41) is 7.12. The lowest BCUT2D eigenvalue weighted by molar-refractivity contribution is -0.192. The van der Waals surface area contributed by atoms with Crippen LogP contribution in [0.15, 0.2) is 23.0 Å². The Hall–Kier alpha value is -2.11. The Labute approximate surface area is 185 Å². The molecule has 11 heteroatoms. The van der Waals surface area contributed by atoms with Gasteiger partial charge in [0, 0.05) is 52.5 Å². The van der Waals surface area contributed by atoms with Crippen LogP contribution in [0.3, 0.4) is 0 Å². The molecule has 182 valence electrons. The summed E-state index contributed by atoms with van der Waals surface area (Å²) in [4.78, 5) is 24.5. The van der Waals surface area contributed by atoms with E-state index in [2.05, 4.69) is 4.90 Å². The third-order valence-electron chi connectivity index (χ3n) is 5.87. The summed E-state index contributed by atoms with van der Waals surface area (Å²) in [6, 6.07) is 2.03. The van der Waals surface area contributed by atoms with Gasteiger partial charge < -0.3 is 23.9 Å². The second-order valence-corrected chi connectivity index (χ2v) is 8.24. The highest BCUT2D eigenvalue weighted by atomic mass is 19.4. The molecule has 8 nitrogen and oxygen atoms in total. The predicted octanol–water partition coefficient (Wildman–Crippen LogP) is 2.78. The fourth-order valence-corrected chi connectivity index (χ4v) is 3.99. The highest BCUT2D eigenvalue weighted by molar-refractivity contribution is 5.76. The number of likely N-dealkylation sites (tertiary alicyclic amines) is 1. The summed E-state index contributed by atoms with van der Waals surface area (Å²) < 4.78 is 48.7. The number of carbonyl (C=O) groups is 2. The van der Waals surface area contributed by atoms with Crippen LogP contribution in [0.5, 0.6) is 0 Å². The van der Waals surface area contributed by atoms with Gasteiger partial charge in [0.15, 0.2) is 0 Å². The number of alkyl halides is 3. The number of rotatable bonds is 7. The van der Waals surface area contributed by atoms with Gasteiger partial charge in [-0.3, -0.25) is 9.69 Å². The molecule has 1 atom stereocenters. The number of hydrogen-bond acceptors (Lipinski definition) is 6. The Balaban J connectivity index is 0.000000451. The quantitative estimate of drug-likeness (QED) is 0.621. The first-order valence-corrected chi connectivity index (χ1v) is 10.5. The molecule has 1 aromatic rings. The molecule has 3 rings (SSSR count). The molecule has 2 aliphatic rings. The molecule has 0 aromatic carbocycles. The number of piperidine rings is 1. The number of carboxylic acids is 1. The maximum absolute atomic E-state index is 11.6. The van der Waals surface area contributed by atoms with E-state index < -0.39 is 12.1 Å². The average molecular weight is 464 g/mol. The average Bonchev–Trinajstić information content (AvgIpc) is 3.37. The van der Waals surface area contributed by atoms with E-state index >= 15 is 0 Å². The van der Waals surface area contributed by atoms with Crippen LogP contribution < -0.4 is 0 Å². The zero-order valence-electron chi connectivity index (χ0n) is 18.4. The first-order chi connectivity index (χ1) is 15.0. The normalized spacial score (nSPS) is 20.6. The third-order valence-corrected chi connectivity index (χ3v) is 5.87. The van der Waals surface area contributed by atoms with Crippen molar-refractivity contribution < 1.29 is 41.8 Å². The summed E-state index contributed by atoms with van der Waals surface area (Å²) in [5.74, 6) is -2.20. The molecule has 3 heterocycles. The molecule has 1 spiro atoms. The molecule has 1 N–H and O–H groups in total. The van der Waals surface area contributed by atoms with Crippen LogP contribution in [0, 0.1) is 5.92 Å². The van der Waals surface area contributed by atoms with Gasteiger partial charge in [0.2, 0.25) is 5.91 Å². The number of carboxylic acid groups (broad SMARTS) is 1. The minimum absolute atomic E-state index is 0.0157. The van der Waals surface area contributed by atoms with Gasteiger partial charge in [-0.15, -0.1) is 0 Å². The number of amides is 1. The summed E-state index contributed by atoms with van der Waals surface area (Å²) in [6.07, 6.45) is 2.71. The van der Waals surface area contributed by atoms with Crippen LogP contribution in [0.25, 0.3) is 0 Å². The van der Waals surface area contributed by atoms with Crippen molar-refractivity contribution in [3.05, 3.63) is 24.2 Å². The monoisotopic (exact) mass is 464 g/mol. The van der Waals surface area contributed by atoms with E-state index in [1.807, 2.05) is 12.3 Å². The number of carbonyl (C=O) groups excluding carboxylic acids is 1. The number of ether oxygens (including phenoxy) is 2. The topological polar surface area (TPSA) is 92.5 Å². The molecule has 1 aromatic heterocycles. The van der Waals surface area contributed by atoms with Crippen LogP contribution in [-0.4, -0.2) is 85.6 Å². The second-order valence-electron chi connectivity index (χ2n) is 8.24. The minimum Gasteiger partial charge on any atom is -0.475 e. The Kier molecular flexibility index (Phi) is 9.53. The first-order valence-electron chi connectivity index (χ1n) is 10.5. The number of aliphatic carboxylic acids is 1. The molecule has 1 amide bonds. The molecular weight excluding hydrogens is 433 g/mol. The number of hydrogen-bond donors (Lipinski definition) is 1. The zero-order chi connectivity index (χ0) is 23.8. The second kappa shape index (κ2) is 11.7. The number of likely N-dealkylation sites (N-methyl/N-ethyl adjacent to an activating group) is 1. The van der Waals surface area contributed by atoms with Crippen molar-refractivity contribution in [3.8, 4) is 0 Å². The fourth-order valence-electron chi connectivity index (χ4n) is 3.99. The van der Waals surface area contributed by atoms with Gasteiger partial charge in [-0.05, 0) is 37.7 Å². The highest BCUT2D eigenvalue weighted by Gasteiger charge is 2.45. The van der Waals surface area contributed by atoms with E-state index in [1.54, 1.807) is 25.3 Å². The summed E-state index contributed by atoms with van der Waals surface area (Å²) >= 11 is 0. The largest absolute Gasteiger partial charge is 0.490 e. The van der Waals surface area contributed by atoms with E-state index in [0.717, 1.165) is 51.9 Å². The highest BCUT2D eigenvalue weighted by Crippen LogP contribution is 2.42. The standard InChI is InChI=1S/C19H30N2O4.C2HF3O2/c1-20(2)18(22)15-24-11-4-17-5-12-25-19(17)6-8-21(9-7-19)13-16-3-10-23-14-16;3-2(4,5)1(6)7/h3,10,14,17H,4-9,11-13,15H2,1-2H3;(H,6,7). The van der Waals surface area contributed by atoms with Gasteiger partial charge >= 0.3 is 12.1 Å². The van der Waals surface area contributed by atoms with E-state index in [4.69, 9.17) is 23.8 Å². The van der Waals surface area contributed by atoms with Crippen molar-refractivity contribution in [2.45, 2.75) is 44.0 Å². The van der Waals surface area contributed by atoms with Crippen molar-refractivity contribution in [2.75, 3.05) is 47.0 Å². The van der Waals surface area contributed by atoms with Crippen LogP contribution >= 0.6 is 0 Å². The van der Waals surface area contributed by atoms with Crippen molar-refractivity contribution in [1.82, 2.24) is 9.80 Å². The molecule has 0 aliphatic carbocycles. The summed E-state index contributed by atoms with van der Waals surface area (Å²) in [7, 11) is 3.51. The number of furan rings is 1. The predicted molar refractivity (Wildman–Crippen MR) is 108 cm³/mol. The number of halogens is 3. The molecule has 2 saturated heterocycles. The fraction of sp³-hybridized carbons (Fsp3) is 0.714. The third kappa shape index (κ3) is 7.79. The van der Waals surface area contributed by atoms with Crippen molar-refractivity contribution in [3.63, 3.8) is 0 Å². The number of nitrogens with zero attached hydrogens (tertiary/aromatic N) is 2.